The number of piperidine rings is 1. The van der Waals surface area contributed by atoms with Crippen LogP contribution >= 0.6 is 11.8 Å². The van der Waals surface area contributed by atoms with E-state index in [1.165, 1.54) is 37.6 Å². The number of carbonyl (C=O) groups excluding carboxylic acids is 1. The molecular weight excluding hydrogens is 394 g/mol. The number of nitrogens with zero attached hydrogens (tertiary/aromatic N) is 1. The van der Waals surface area contributed by atoms with Crippen LogP contribution in [-0.4, -0.2) is 43.1 Å². The molecule has 2 rings (SSSR count). The fraction of sp³-hybridized carbons (Fsp3) is 0.542. The molecule has 1 amide bonds. The highest BCUT2D eigenvalue weighted by atomic mass is 32.2. The molecule has 1 fully saturated rings. The van der Waals surface area contributed by atoms with Gasteiger partial charge in [0.15, 0.2) is 0 Å². The minimum absolute atomic E-state index is 0.129. The van der Waals surface area contributed by atoms with E-state index in [0.717, 1.165) is 35.6 Å². The van der Waals surface area contributed by atoms with Crippen LogP contribution in [0.1, 0.15) is 58.4 Å². The van der Waals surface area contributed by atoms with Gasteiger partial charge < -0.3 is 20.7 Å². The van der Waals surface area contributed by atoms with Crippen LogP contribution in [-0.2, 0) is 4.79 Å². The van der Waals surface area contributed by atoms with Crippen molar-refractivity contribution in [2.45, 2.75) is 58.9 Å². The van der Waals surface area contributed by atoms with Crippen molar-refractivity contribution < 1.29 is 9.53 Å². The lowest BCUT2D eigenvalue weighted by atomic mass is 10.0. The number of allylic oxidation sites excluding steroid dienone is 1. The van der Waals surface area contributed by atoms with Crippen LogP contribution in [0.5, 0.6) is 5.75 Å². The summed E-state index contributed by atoms with van der Waals surface area (Å²) in [6.07, 6.45) is 5.79. The monoisotopic (exact) mass is 431 g/mol. The van der Waals surface area contributed by atoms with Crippen molar-refractivity contribution >= 4 is 22.6 Å². The number of nitrogens with two attached hydrogens (primary N) is 1. The van der Waals surface area contributed by atoms with E-state index in [-0.39, 0.29) is 5.91 Å². The third-order valence-corrected chi connectivity index (χ3v) is 6.48. The van der Waals surface area contributed by atoms with Crippen molar-refractivity contribution in [3.05, 3.63) is 47.0 Å². The standard InChI is InChI=1S/C24H37N3O2S/c1-5-17-29-22-12-10-21(11-13-22)20(4)30-23(19(3)25)24(28)26-14-8-16-27-15-7-6-9-18(27)2/h10-13,18H,4-9,14-17,25H2,1-3H3,(H,26,28)/b23-19-. The van der Waals surface area contributed by atoms with Gasteiger partial charge in [-0.15, -0.1) is 0 Å². The Hall–Kier alpha value is -1.92. The molecule has 0 bridgehead atoms. The van der Waals surface area contributed by atoms with Crippen molar-refractivity contribution in [2.24, 2.45) is 5.73 Å². The number of hydrogen-bond acceptors (Lipinski definition) is 5. The van der Waals surface area contributed by atoms with Gasteiger partial charge in [-0.25, -0.2) is 0 Å². The minimum Gasteiger partial charge on any atom is -0.494 e. The maximum Gasteiger partial charge on any atom is 0.259 e. The fourth-order valence-electron chi connectivity index (χ4n) is 3.50. The first-order valence-corrected chi connectivity index (χ1v) is 11.8. The lowest BCUT2D eigenvalue weighted by molar-refractivity contribution is -0.116. The number of benzene rings is 1. The van der Waals surface area contributed by atoms with Crippen molar-refractivity contribution in [3.63, 3.8) is 0 Å². The summed E-state index contributed by atoms with van der Waals surface area (Å²) in [7, 11) is 0. The Morgan fingerprint density at radius 3 is 2.70 bits per heavy atom. The lowest BCUT2D eigenvalue weighted by Gasteiger charge is -2.33. The second kappa shape index (κ2) is 12.7. The Morgan fingerprint density at radius 2 is 2.07 bits per heavy atom. The zero-order valence-corrected chi connectivity index (χ0v) is 19.5. The first-order valence-electron chi connectivity index (χ1n) is 11.0. The molecule has 1 heterocycles. The zero-order chi connectivity index (χ0) is 21.9. The normalized spacial score (nSPS) is 17.9. The number of likely N-dealkylation sites (tertiary alicyclic amines) is 1. The highest BCUT2D eigenvalue weighted by Crippen LogP contribution is 2.33. The van der Waals surface area contributed by atoms with E-state index < -0.39 is 0 Å². The number of nitrogens with one attached hydrogen (secondary N) is 1. The topological polar surface area (TPSA) is 67.6 Å². The van der Waals surface area contributed by atoms with E-state index in [4.69, 9.17) is 10.5 Å². The molecule has 6 heteroatoms. The molecule has 0 saturated carbocycles. The molecule has 1 aliphatic heterocycles. The zero-order valence-electron chi connectivity index (χ0n) is 18.7. The van der Waals surface area contributed by atoms with Gasteiger partial charge in [0.25, 0.3) is 5.91 Å². The molecule has 1 aliphatic rings. The molecule has 1 atom stereocenters. The highest BCUT2D eigenvalue weighted by molar-refractivity contribution is 8.12. The molecule has 0 spiro atoms. The number of hydrogen-bond donors (Lipinski definition) is 2. The van der Waals surface area contributed by atoms with Crippen LogP contribution in [0.4, 0.5) is 0 Å². The van der Waals surface area contributed by atoms with E-state index in [9.17, 15) is 4.79 Å². The first-order chi connectivity index (χ1) is 14.4. The summed E-state index contributed by atoms with van der Waals surface area (Å²) < 4.78 is 5.62. The maximum absolute atomic E-state index is 12.7. The van der Waals surface area contributed by atoms with E-state index in [1.54, 1.807) is 6.92 Å². The number of ether oxygens (including phenoxy) is 1. The Balaban J connectivity index is 1.83. The number of thioether (sulfide) groups is 1. The predicted octanol–water partition coefficient (Wildman–Crippen LogP) is 4.75. The Labute approximate surface area is 186 Å². The molecule has 30 heavy (non-hydrogen) atoms. The van der Waals surface area contributed by atoms with E-state index in [1.807, 2.05) is 24.3 Å². The van der Waals surface area contributed by atoms with E-state index in [2.05, 4.69) is 30.6 Å². The summed E-state index contributed by atoms with van der Waals surface area (Å²) >= 11 is 1.32. The smallest absolute Gasteiger partial charge is 0.259 e. The largest absolute Gasteiger partial charge is 0.494 e. The maximum atomic E-state index is 12.7. The van der Waals surface area contributed by atoms with Crippen molar-refractivity contribution in [2.75, 3.05) is 26.2 Å². The van der Waals surface area contributed by atoms with Gasteiger partial charge in [0.1, 0.15) is 5.75 Å². The molecule has 5 nitrogen and oxygen atoms in total. The molecule has 166 valence electrons. The van der Waals surface area contributed by atoms with Gasteiger partial charge in [-0.2, -0.15) is 0 Å². The second-order valence-electron chi connectivity index (χ2n) is 7.90. The summed E-state index contributed by atoms with van der Waals surface area (Å²) in [5.74, 6) is 0.709. The second-order valence-corrected chi connectivity index (χ2v) is 9.01. The van der Waals surface area contributed by atoms with E-state index >= 15 is 0 Å². The predicted molar refractivity (Wildman–Crippen MR) is 128 cm³/mol. The van der Waals surface area contributed by atoms with Crippen LogP contribution < -0.4 is 15.8 Å². The Morgan fingerprint density at radius 1 is 1.33 bits per heavy atom. The summed E-state index contributed by atoms with van der Waals surface area (Å²) in [6, 6.07) is 8.42. The quantitative estimate of drug-likeness (QED) is 0.391. The van der Waals surface area contributed by atoms with Crippen molar-refractivity contribution in [3.8, 4) is 5.75 Å². The summed E-state index contributed by atoms with van der Waals surface area (Å²) in [6.45, 7) is 13.8. The van der Waals surface area contributed by atoms with Gasteiger partial charge in [0, 0.05) is 29.7 Å². The average Bonchev–Trinajstić information content (AvgIpc) is 2.74. The highest BCUT2D eigenvalue weighted by Gasteiger charge is 2.18. The third kappa shape index (κ3) is 7.73. The average molecular weight is 432 g/mol. The third-order valence-electron chi connectivity index (χ3n) is 5.29. The minimum atomic E-state index is -0.129. The molecule has 3 N–H and O–H groups in total. The van der Waals surface area contributed by atoms with Gasteiger partial charge in [0.05, 0.1) is 11.5 Å². The molecule has 0 radical (unpaired) electrons. The van der Waals surface area contributed by atoms with Gasteiger partial charge in [-0.05, 0) is 63.8 Å². The molecule has 1 saturated heterocycles. The summed E-state index contributed by atoms with van der Waals surface area (Å²) in [5, 5.41) is 3.02. The van der Waals surface area contributed by atoms with Gasteiger partial charge in [-0.3, -0.25) is 4.79 Å². The van der Waals surface area contributed by atoms with Gasteiger partial charge in [-0.1, -0.05) is 43.8 Å². The van der Waals surface area contributed by atoms with Crippen molar-refractivity contribution in [1.82, 2.24) is 10.2 Å². The van der Waals surface area contributed by atoms with Crippen LogP contribution in [0, 0.1) is 0 Å². The van der Waals surface area contributed by atoms with Crippen molar-refractivity contribution in [1.29, 1.82) is 0 Å². The Bertz CT molecular complexity index is 726. The number of rotatable bonds is 11. The number of amides is 1. The molecule has 1 aromatic carbocycles. The fourth-order valence-corrected chi connectivity index (χ4v) is 4.33. The molecule has 0 aliphatic carbocycles. The lowest BCUT2D eigenvalue weighted by Crippen LogP contribution is -2.39. The van der Waals surface area contributed by atoms with E-state index in [0.29, 0.717) is 29.8 Å². The molecule has 1 aromatic rings. The molecular formula is C24H37N3O2S. The van der Waals surface area contributed by atoms with Crippen LogP contribution in [0.15, 0.2) is 41.4 Å². The summed E-state index contributed by atoms with van der Waals surface area (Å²) in [4.78, 5) is 16.5. The molecule has 0 aromatic heterocycles. The summed E-state index contributed by atoms with van der Waals surface area (Å²) in [5.41, 5.74) is 7.47. The van der Waals surface area contributed by atoms with Gasteiger partial charge in [0.2, 0.25) is 0 Å². The number of carbonyl (C=O) groups is 1. The van der Waals surface area contributed by atoms with Crippen LogP contribution in [0.3, 0.4) is 0 Å². The SMILES string of the molecule is C=C(S/C(C(=O)NCCCN1CCCCC1C)=C(/C)N)c1ccc(OCCC)cc1. The van der Waals surface area contributed by atoms with Gasteiger partial charge >= 0.3 is 0 Å². The van der Waals surface area contributed by atoms with Crippen LogP contribution in [0.25, 0.3) is 4.91 Å². The Kier molecular flexibility index (Phi) is 10.3. The van der Waals surface area contributed by atoms with Crippen LogP contribution in [0.2, 0.25) is 0 Å². The first kappa shape index (κ1) is 24.4. The molecule has 1 unspecified atom stereocenters.